The molecule has 122 valence electrons. The van der Waals surface area contributed by atoms with Crippen LogP contribution in [-0.4, -0.2) is 17.9 Å². The van der Waals surface area contributed by atoms with Gasteiger partial charge in [-0.15, -0.1) is 0 Å². The van der Waals surface area contributed by atoms with Crippen LogP contribution in [0.5, 0.6) is 0 Å². The SMILES string of the molecule is CCCCCC(=O)NC(CC(C)C)C(=O)Nc1ccccc1. The van der Waals surface area contributed by atoms with Crippen molar-refractivity contribution in [2.24, 2.45) is 5.92 Å². The maximum Gasteiger partial charge on any atom is 0.246 e. The molecule has 0 aliphatic rings. The number of carbonyl (C=O) groups excluding carboxylic acids is 2. The summed E-state index contributed by atoms with van der Waals surface area (Å²) in [5.41, 5.74) is 0.751. The van der Waals surface area contributed by atoms with Gasteiger partial charge in [0.15, 0.2) is 0 Å². The Morgan fingerprint density at radius 2 is 1.77 bits per heavy atom. The molecule has 22 heavy (non-hydrogen) atoms. The van der Waals surface area contributed by atoms with Gasteiger partial charge >= 0.3 is 0 Å². The molecular formula is C18H28N2O2. The first-order chi connectivity index (χ1) is 10.5. The number of carbonyl (C=O) groups is 2. The lowest BCUT2D eigenvalue weighted by atomic mass is 10.0. The fourth-order valence-corrected chi connectivity index (χ4v) is 2.26. The first-order valence-corrected chi connectivity index (χ1v) is 8.18. The van der Waals surface area contributed by atoms with Crippen LogP contribution in [0.2, 0.25) is 0 Å². The average Bonchev–Trinajstić information content (AvgIpc) is 2.47. The number of rotatable bonds is 9. The molecule has 4 heteroatoms. The molecule has 0 radical (unpaired) electrons. The summed E-state index contributed by atoms with van der Waals surface area (Å²) in [6.07, 6.45) is 4.12. The highest BCUT2D eigenvalue weighted by molar-refractivity contribution is 5.97. The maximum atomic E-state index is 12.4. The molecule has 0 aliphatic carbocycles. The number of hydrogen-bond acceptors (Lipinski definition) is 2. The molecule has 1 atom stereocenters. The highest BCUT2D eigenvalue weighted by atomic mass is 16.2. The fourth-order valence-electron chi connectivity index (χ4n) is 2.26. The van der Waals surface area contributed by atoms with E-state index in [-0.39, 0.29) is 11.8 Å². The molecule has 0 fully saturated rings. The molecule has 1 unspecified atom stereocenters. The third kappa shape index (κ3) is 7.25. The van der Waals surface area contributed by atoms with Crippen molar-refractivity contribution >= 4 is 17.5 Å². The van der Waals surface area contributed by atoms with Crippen LogP contribution in [0.25, 0.3) is 0 Å². The topological polar surface area (TPSA) is 58.2 Å². The minimum atomic E-state index is -0.477. The molecule has 0 saturated heterocycles. The second kappa shape index (κ2) is 9.98. The van der Waals surface area contributed by atoms with Crippen molar-refractivity contribution in [3.05, 3.63) is 30.3 Å². The lowest BCUT2D eigenvalue weighted by Crippen LogP contribution is -2.44. The largest absolute Gasteiger partial charge is 0.344 e. The predicted molar refractivity (Wildman–Crippen MR) is 90.6 cm³/mol. The Morgan fingerprint density at radius 3 is 2.36 bits per heavy atom. The van der Waals surface area contributed by atoms with E-state index >= 15 is 0 Å². The molecule has 1 aromatic rings. The third-order valence-corrected chi connectivity index (χ3v) is 3.41. The van der Waals surface area contributed by atoms with E-state index in [0.717, 1.165) is 24.9 Å². The Kier molecular flexibility index (Phi) is 8.26. The van der Waals surface area contributed by atoms with Gasteiger partial charge in [0.25, 0.3) is 0 Å². The molecule has 0 saturated carbocycles. The molecule has 0 spiro atoms. The fraction of sp³-hybridized carbons (Fsp3) is 0.556. The van der Waals surface area contributed by atoms with E-state index in [4.69, 9.17) is 0 Å². The summed E-state index contributed by atoms with van der Waals surface area (Å²) in [6.45, 7) is 6.20. The minimum Gasteiger partial charge on any atom is -0.344 e. The molecule has 1 aromatic carbocycles. The van der Waals surface area contributed by atoms with Gasteiger partial charge in [-0.05, 0) is 30.9 Å². The number of anilines is 1. The molecule has 2 amide bonds. The monoisotopic (exact) mass is 304 g/mol. The molecular weight excluding hydrogens is 276 g/mol. The van der Waals surface area contributed by atoms with Gasteiger partial charge in [-0.1, -0.05) is 51.8 Å². The van der Waals surface area contributed by atoms with E-state index in [0.29, 0.717) is 18.8 Å². The predicted octanol–water partition coefficient (Wildman–Crippen LogP) is 3.74. The van der Waals surface area contributed by atoms with Crippen LogP contribution in [0.3, 0.4) is 0 Å². The summed E-state index contributed by atoms with van der Waals surface area (Å²) in [7, 11) is 0. The Balaban J connectivity index is 2.59. The highest BCUT2D eigenvalue weighted by Crippen LogP contribution is 2.10. The zero-order valence-electron chi connectivity index (χ0n) is 13.9. The van der Waals surface area contributed by atoms with Gasteiger partial charge in [0, 0.05) is 12.1 Å². The lowest BCUT2D eigenvalue weighted by Gasteiger charge is -2.20. The molecule has 2 N–H and O–H groups in total. The average molecular weight is 304 g/mol. The third-order valence-electron chi connectivity index (χ3n) is 3.41. The number of para-hydroxylation sites is 1. The Bertz CT molecular complexity index is 457. The van der Waals surface area contributed by atoms with E-state index in [2.05, 4.69) is 17.6 Å². The first-order valence-electron chi connectivity index (χ1n) is 8.18. The first kappa shape index (κ1) is 18.2. The van der Waals surface area contributed by atoms with Crippen molar-refractivity contribution < 1.29 is 9.59 Å². The van der Waals surface area contributed by atoms with Gasteiger partial charge in [-0.25, -0.2) is 0 Å². The number of benzene rings is 1. The van der Waals surface area contributed by atoms with Crippen LogP contribution in [0.4, 0.5) is 5.69 Å². The summed E-state index contributed by atoms with van der Waals surface area (Å²) in [5.74, 6) is 0.147. The van der Waals surface area contributed by atoms with Crippen molar-refractivity contribution in [3.63, 3.8) is 0 Å². The van der Waals surface area contributed by atoms with Crippen LogP contribution in [0, 0.1) is 5.92 Å². The van der Waals surface area contributed by atoms with Crippen molar-refractivity contribution in [3.8, 4) is 0 Å². The van der Waals surface area contributed by atoms with Crippen molar-refractivity contribution in [2.45, 2.75) is 58.9 Å². The number of nitrogens with one attached hydrogen (secondary N) is 2. The van der Waals surface area contributed by atoms with Gasteiger partial charge < -0.3 is 10.6 Å². The Hall–Kier alpha value is -1.84. The van der Waals surface area contributed by atoms with E-state index in [1.807, 2.05) is 44.2 Å². The molecule has 0 aromatic heterocycles. The molecule has 4 nitrogen and oxygen atoms in total. The normalized spacial score (nSPS) is 12.0. The van der Waals surface area contributed by atoms with Crippen LogP contribution in [0.1, 0.15) is 52.9 Å². The van der Waals surface area contributed by atoms with E-state index in [1.165, 1.54) is 0 Å². The van der Waals surface area contributed by atoms with Crippen LogP contribution in [-0.2, 0) is 9.59 Å². The van der Waals surface area contributed by atoms with Gasteiger partial charge in [-0.3, -0.25) is 9.59 Å². The van der Waals surface area contributed by atoms with Crippen LogP contribution < -0.4 is 10.6 Å². The smallest absolute Gasteiger partial charge is 0.246 e. The Labute approximate surface area is 133 Å². The lowest BCUT2D eigenvalue weighted by molar-refractivity contribution is -0.126. The van der Waals surface area contributed by atoms with Crippen LogP contribution in [0.15, 0.2) is 30.3 Å². The quantitative estimate of drug-likeness (QED) is 0.683. The molecule has 0 bridgehead atoms. The summed E-state index contributed by atoms with van der Waals surface area (Å²) in [6, 6.07) is 8.85. The number of unbranched alkanes of at least 4 members (excludes halogenated alkanes) is 2. The zero-order chi connectivity index (χ0) is 16.4. The second-order valence-electron chi connectivity index (χ2n) is 6.06. The molecule has 1 rings (SSSR count). The summed E-state index contributed by atoms with van der Waals surface area (Å²) in [5, 5.41) is 5.74. The van der Waals surface area contributed by atoms with Crippen molar-refractivity contribution in [1.29, 1.82) is 0 Å². The van der Waals surface area contributed by atoms with E-state index in [9.17, 15) is 9.59 Å². The number of hydrogen-bond donors (Lipinski definition) is 2. The van der Waals surface area contributed by atoms with Gasteiger partial charge in [0.1, 0.15) is 6.04 Å². The summed E-state index contributed by atoms with van der Waals surface area (Å²) in [4.78, 5) is 24.4. The van der Waals surface area contributed by atoms with Gasteiger partial charge in [0.2, 0.25) is 11.8 Å². The maximum absolute atomic E-state index is 12.4. The standard InChI is InChI=1S/C18H28N2O2/c1-4-5-7-12-17(21)20-16(13-14(2)3)18(22)19-15-10-8-6-9-11-15/h6,8-11,14,16H,4-5,7,12-13H2,1-3H3,(H,19,22)(H,20,21). The number of amides is 2. The molecule has 0 heterocycles. The molecule has 0 aliphatic heterocycles. The zero-order valence-corrected chi connectivity index (χ0v) is 13.9. The van der Waals surface area contributed by atoms with Gasteiger partial charge in [-0.2, -0.15) is 0 Å². The van der Waals surface area contributed by atoms with Crippen LogP contribution >= 0.6 is 0 Å². The summed E-state index contributed by atoms with van der Waals surface area (Å²) >= 11 is 0. The minimum absolute atomic E-state index is 0.0395. The van der Waals surface area contributed by atoms with Crippen molar-refractivity contribution in [2.75, 3.05) is 5.32 Å². The van der Waals surface area contributed by atoms with E-state index < -0.39 is 6.04 Å². The summed E-state index contributed by atoms with van der Waals surface area (Å²) < 4.78 is 0. The highest BCUT2D eigenvalue weighted by Gasteiger charge is 2.21. The van der Waals surface area contributed by atoms with Gasteiger partial charge in [0.05, 0.1) is 0 Å². The van der Waals surface area contributed by atoms with E-state index in [1.54, 1.807) is 0 Å². The second-order valence-corrected chi connectivity index (χ2v) is 6.06. The van der Waals surface area contributed by atoms with Crippen molar-refractivity contribution in [1.82, 2.24) is 5.32 Å². The Morgan fingerprint density at radius 1 is 1.09 bits per heavy atom.